The predicted octanol–water partition coefficient (Wildman–Crippen LogP) is 3.85. The van der Waals surface area contributed by atoms with E-state index in [0.29, 0.717) is 18.9 Å². The van der Waals surface area contributed by atoms with Crippen molar-refractivity contribution in [3.05, 3.63) is 60.6 Å². The molecule has 1 N–H and O–H groups in total. The van der Waals surface area contributed by atoms with Crippen LogP contribution < -0.4 is 10.2 Å². The van der Waals surface area contributed by atoms with Gasteiger partial charge in [0, 0.05) is 57.0 Å². The molecular weight excluding hydrogens is 402 g/mol. The highest BCUT2D eigenvalue weighted by atomic mass is 16.5. The molecule has 3 heterocycles. The van der Waals surface area contributed by atoms with Crippen molar-refractivity contribution in [3.8, 4) is 22.4 Å². The highest BCUT2D eigenvalue weighted by Gasteiger charge is 2.17. The molecule has 2 aromatic heterocycles. The molecule has 0 radical (unpaired) electrons. The Hall–Kier alpha value is -3.32. The maximum Gasteiger partial charge on any atom is 0.225 e. The number of benzene rings is 1. The highest BCUT2D eigenvalue weighted by molar-refractivity contribution is 5.81. The molecule has 0 unspecified atom stereocenters. The van der Waals surface area contributed by atoms with Gasteiger partial charge in [-0.3, -0.25) is 9.78 Å². The third-order valence-corrected chi connectivity index (χ3v) is 5.57. The molecule has 4 rings (SSSR count). The van der Waals surface area contributed by atoms with Gasteiger partial charge in [-0.2, -0.15) is 0 Å². The van der Waals surface area contributed by atoms with E-state index in [4.69, 9.17) is 9.72 Å². The van der Waals surface area contributed by atoms with E-state index in [9.17, 15) is 4.79 Å². The zero-order valence-electron chi connectivity index (χ0n) is 18.6. The number of aromatic nitrogens is 3. The molecule has 7 nitrogen and oxygen atoms in total. The van der Waals surface area contributed by atoms with Crippen molar-refractivity contribution in [2.24, 2.45) is 0 Å². The Labute approximate surface area is 188 Å². The lowest BCUT2D eigenvalue weighted by atomic mass is 10.0. The fraction of sp³-hybridized carbons (Fsp3) is 0.360. The largest absolute Gasteiger partial charge is 0.378 e. The summed E-state index contributed by atoms with van der Waals surface area (Å²) in [6, 6.07) is 12.0. The van der Waals surface area contributed by atoms with Crippen molar-refractivity contribution in [2.75, 3.05) is 25.6 Å². The lowest BCUT2D eigenvalue weighted by molar-refractivity contribution is -0.125. The van der Waals surface area contributed by atoms with Crippen molar-refractivity contribution >= 4 is 11.9 Å². The van der Waals surface area contributed by atoms with Crippen LogP contribution in [0.25, 0.3) is 22.4 Å². The van der Waals surface area contributed by atoms with Gasteiger partial charge < -0.3 is 15.0 Å². The number of ether oxygens (including phenoxy) is 1. The molecule has 166 valence electrons. The first-order valence-corrected chi connectivity index (χ1v) is 11.0. The summed E-state index contributed by atoms with van der Waals surface area (Å²) < 4.78 is 5.66. The van der Waals surface area contributed by atoms with Gasteiger partial charge >= 0.3 is 0 Å². The van der Waals surface area contributed by atoms with Crippen molar-refractivity contribution in [3.63, 3.8) is 0 Å². The molecule has 32 heavy (non-hydrogen) atoms. The second-order valence-electron chi connectivity index (χ2n) is 8.23. The van der Waals surface area contributed by atoms with Gasteiger partial charge in [0.05, 0.1) is 18.2 Å². The third-order valence-electron chi connectivity index (χ3n) is 5.57. The SMILES string of the molecule is CN(C)c1ncc(-c2ccncc2)c(-c2ccc(CNC(=O)C[C@@H]3CCCCO3)cc2)n1. The average molecular weight is 432 g/mol. The van der Waals surface area contributed by atoms with Gasteiger partial charge in [0.2, 0.25) is 11.9 Å². The summed E-state index contributed by atoms with van der Waals surface area (Å²) in [7, 11) is 3.85. The fourth-order valence-corrected chi connectivity index (χ4v) is 3.78. The molecule has 1 aliphatic rings. The number of pyridine rings is 1. The van der Waals surface area contributed by atoms with Crippen molar-refractivity contribution in [1.29, 1.82) is 0 Å². The van der Waals surface area contributed by atoms with Crippen LogP contribution in [-0.4, -0.2) is 47.7 Å². The van der Waals surface area contributed by atoms with E-state index in [-0.39, 0.29) is 12.0 Å². The molecular formula is C25H29N5O2. The topological polar surface area (TPSA) is 80.2 Å². The van der Waals surface area contributed by atoms with Crippen LogP contribution in [0.4, 0.5) is 5.95 Å². The van der Waals surface area contributed by atoms with Gasteiger partial charge in [0.15, 0.2) is 0 Å². The third kappa shape index (κ3) is 5.48. The van der Waals surface area contributed by atoms with Gasteiger partial charge in [-0.25, -0.2) is 9.97 Å². The quantitative estimate of drug-likeness (QED) is 0.612. The molecule has 1 saturated heterocycles. The van der Waals surface area contributed by atoms with E-state index in [1.54, 1.807) is 12.4 Å². The monoisotopic (exact) mass is 431 g/mol. The number of amides is 1. The van der Waals surface area contributed by atoms with Gasteiger partial charge in [0.1, 0.15) is 0 Å². The van der Waals surface area contributed by atoms with Gasteiger partial charge in [-0.15, -0.1) is 0 Å². The number of nitrogens with one attached hydrogen (secondary N) is 1. The first kappa shape index (κ1) is 21.9. The fourth-order valence-electron chi connectivity index (χ4n) is 3.78. The zero-order chi connectivity index (χ0) is 22.3. The van der Waals surface area contributed by atoms with E-state index in [2.05, 4.69) is 15.3 Å². The van der Waals surface area contributed by atoms with Crippen molar-refractivity contribution in [2.45, 2.75) is 38.3 Å². The summed E-state index contributed by atoms with van der Waals surface area (Å²) in [5.74, 6) is 0.687. The van der Waals surface area contributed by atoms with Crippen LogP contribution in [0.3, 0.4) is 0 Å². The molecule has 7 heteroatoms. The van der Waals surface area contributed by atoms with Gasteiger partial charge in [-0.05, 0) is 42.5 Å². The number of carbonyl (C=O) groups is 1. The minimum absolute atomic E-state index is 0.0346. The van der Waals surface area contributed by atoms with Crippen LogP contribution in [0.1, 0.15) is 31.2 Å². The number of rotatable bonds is 7. The number of anilines is 1. The molecule has 0 aliphatic carbocycles. The van der Waals surface area contributed by atoms with Crippen LogP contribution in [0, 0.1) is 0 Å². The molecule has 3 aromatic rings. The molecule has 0 bridgehead atoms. The lowest BCUT2D eigenvalue weighted by Gasteiger charge is -2.21. The first-order valence-electron chi connectivity index (χ1n) is 11.0. The molecule has 0 saturated carbocycles. The van der Waals surface area contributed by atoms with Gasteiger partial charge in [0.25, 0.3) is 0 Å². The van der Waals surface area contributed by atoms with E-state index in [0.717, 1.165) is 53.8 Å². The predicted molar refractivity (Wildman–Crippen MR) is 125 cm³/mol. The molecule has 1 atom stereocenters. The normalized spacial score (nSPS) is 15.9. The Kier molecular flexibility index (Phi) is 7.07. The highest BCUT2D eigenvalue weighted by Crippen LogP contribution is 2.31. The number of nitrogens with zero attached hydrogens (tertiary/aromatic N) is 4. The smallest absolute Gasteiger partial charge is 0.225 e. The molecule has 1 aromatic carbocycles. The van der Waals surface area contributed by atoms with Crippen molar-refractivity contribution in [1.82, 2.24) is 20.3 Å². The minimum Gasteiger partial charge on any atom is -0.378 e. The molecule has 1 aliphatic heterocycles. The Morgan fingerprint density at radius 1 is 1.09 bits per heavy atom. The van der Waals surface area contributed by atoms with Crippen LogP contribution in [0.2, 0.25) is 0 Å². The van der Waals surface area contributed by atoms with E-state index in [1.165, 1.54) is 0 Å². The Morgan fingerprint density at radius 3 is 2.56 bits per heavy atom. The average Bonchev–Trinajstić information content (AvgIpc) is 2.84. The summed E-state index contributed by atoms with van der Waals surface area (Å²) in [5.41, 5.74) is 4.86. The second-order valence-corrected chi connectivity index (χ2v) is 8.23. The molecule has 1 fully saturated rings. The Balaban J connectivity index is 1.48. The molecule has 1 amide bonds. The summed E-state index contributed by atoms with van der Waals surface area (Å²) in [4.78, 5) is 27.5. The first-order chi connectivity index (χ1) is 15.6. The van der Waals surface area contributed by atoms with Gasteiger partial charge in [-0.1, -0.05) is 24.3 Å². The number of hydrogen-bond acceptors (Lipinski definition) is 6. The summed E-state index contributed by atoms with van der Waals surface area (Å²) in [6.07, 6.45) is 9.08. The standard InChI is InChI=1S/C25H29N5O2/c1-30(2)25-28-17-22(19-10-12-26-13-11-19)24(29-25)20-8-6-18(7-9-20)16-27-23(31)15-21-5-3-4-14-32-21/h6-13,17,21H,3-5,14-16H2,1-2H3,(H,27,31)/t21-/m0/s1. The maximum absolute atomic E-state index is 12.3. The van der Waals surface area contributed by atoms with E-state index >= 15 is 0 Å². The summed E-state index contributed by atoms with van der Waals surface area (Å²) in [6.45, 7) is 1.26. The zero-order valence-corrected chi connectivity index (χ0v) is 18.6. The number of hydrogen-bond donors (Lipinski definition) is 1. The Morgan fingerprint density at radius 2 is 1.88 bits per heavy atom. The van der Waals surface area contributed by atoms with E-state index in [1.807, 2.05) is 61.6 Å². The van der Waals surface area contributed by atoms with Crippen molar-refractivity contribution < 1.29 is 9.53 Å². The van der Waals surface area contributed by atoms with E-state index < -0.39 is 0 Å². The second kappa shape index (κ2) is 10.3. The van der Waals surface area contributed by atoms with Crippen LogP contribution in [0.5, 0.6) is 0 Å². The lowest BCUT2D eigenvalue weighted by Crippen LogP contribution is -2.30. The maximum atomic E-state index is 12.3. The minimum atomic E-state index is 0.0346. The van der Waals surface area contributed by atoms with Crippen LogP contribution in [0.15, 0.2) is 55.0 Å². The van der Waals surface area contributed by atoms with Crippen LogP contribution >= 0.6 is 0 Å². The van der Waals surface area contributed by atoms with Crippen LogP contribution in [-0.2, 0) is 16.1 Å². The summed E-state index contributed by atoms with van der Waals surface area (Å²) in [5, 5.41) is 3.01. The summed E-state index contributed by atoms with van der Waals surface area (Å²) >= 11 is 0. The Bertz CT molecular complexity index is 1030. The number of carbonyl (C=O) groups excluding carboxylic acids is 1. The molecule has 0 spiro atoms.